The Morgan fingerprint density at radius 1 is 1.35 bits per heavy atom. The van der Waals surface area contributed by atoms with Crippen LogP contribution >= 0.6 is 0 Å². The molecule has 7 heteroatoms. The summed E-state index contributed by atoms with van der Waals surface area (Å²) < 4.78 is 37.3. The molecule has 1 aliphatic rings. The van der Waals surface area contributed by atoms with E-state index in [1.807, 2.05) is 25.9 Å². The third-order valence-corrected chi connectivity index (χ3v) is 3.93. The van der Waals surface area contributed by atoms with Crippen molar-refractivity contribution < 1.29 is 23.1 Å². The number of hydrogen-bond donors (Lipinski definition) is 1. The third-order valence-electron chi connectivity index (χ3n) is 3.93. The van der Waals surface area contributed by atoms with Crippen LogP contribution in [-0.2, 0) is 4.79 Å². The number of likely N-dealkylation sites (N-methyl/N-ethyl adjacent to an activating group) is 1. The van der Waals surface area contributed by atoms with E-state index in [0.717, 1.165) is 0 Å². The molecule has 0 radical (unpaired) electrons. The van der Waals surface area contributed by atoms with Crippen molar-refractivity contribution in [2.75, 3.05) is 27.2 Å². The molecule has 118 valence electrons. The first-order valence-electron chi connectivity index (χ1n) is 6.88. The van der Waals surface area contributed by atoms with Gasteiger partial charge in [0.25, 0.3) is 0 Å². The summed E-state index contributed by atoms with van der Waals surface area (Å²) in [7, 11) is 3.62. The van der Waals surface area contributed by atoms with Gasteiger partial charge in [0.1, 0.15) is 0 Å². The average molecular weight is 296 g/mol. The number of alkyl halides is 3. The van der Waals surface area contributed by atoms with Crippen molar-refractivity contribution in [2.24, 2.45) is 5.92 Å². The summed E-state index contributed by atoms with van der Waals surface area (Å²) in [6.07, 6.45) is -5.81. The van der Waals surface area contributed by atoms with Crippen LogP contribution in [0, 0.1) is 5.92 Å². The minimum absolute atomic E-state index is 0.0440. The van der Waals surface area contributed by atoms with Gasteiger partial charge in [0.05, 0.1) is 6.04 Å². The Balaban J connectivity index is 2.56. The van der Waals surface area contributed by atoms with E-state index in [1.165, 1.54) is 0 Å². The molecule has 2 atom stereocenters. The first-order valence-corrected chi connectivity index (χ1v) is 6.88. The summed E-state index contributed by atoms with van der Waals surface area (Å²) >= 11 is 0. The number of aliphatic hydroxyl groups excluding tert-OH is 1. The number of carbonyl (C=O) groups is 1. The lowest BCUT2D eigenvalue weighted by atomic mass is 9.90. The second-order valence-corrected chi connectivity index (χ2v) is 5.54. The van der Waals surface area contributed by atoms with Crippen LogP contribution in [0.3, 0.4) is 0 Å². The molecule has 2 unspecified atom stereocenters. The summed E-state index contributed by atoms with van der Waals surface area (Å²) in [5, 5.41) is 9.24. The molecule has 1 saturated heterocycles. The molecule has 0 aromatic heterocycles. The van der Waals surface area contributed by atoms with Gasteiger partial charge in [-0.25, -0.2) is 0 Å². The molecule has 4 nitrogen and oxygen atoms in total. The van der Waals surface area contributed by atoms with Gasteiger partial charge in [0.2, 0.25) is 5.91 Å². The van der Waals surface area contributed by atoms with Crippen molar-refractivity contribution in [2.45, 2.75) is 44.5 Å². The van der Waals surface area contributed by atoms with Gasteiger partial charge in [0.15, 0.2) is 6.10 Å². The number of halogens is 3. The summed E-state index contributed by atoms with van der Waals surface area (Å²) in [6, 6.07) is -0.237. The highest BCUT2D eigenvalue weighted by molar-refractivity contribution is 5.81. The van der Waals surface area contributed by atoms with E-state index in [-0.39, 0.29) is 37.9 Å². The van der Waals surface area contributed by atoms with Gasteiger partial charge in [-0.05, 0) is 39.3 Å². The molecule has 1 heterocycles. The van der Waals surface area contributed by atoms with Crippen molar-refractivity contribution in [1.29, 1.82) is 0 Å². The van der Waals surface area contributed by atoms with Crippen LogP contribution in [0.15, 0.2) is 0 Å². The van der Waals surface area contributed by atoms with Crippen molar-refractivity contribution >= 4 is 5.91 Å². The van der Waals surface area contributed by atoms with Crippen LogP contribution in [-0.4, -0.2) is 66.3 Å². The molecule has 1 aliphatic heterocycles. The Hall–Kier alpha value is -0.820. The molecular formula is C13H23F3N2O2. The van der Waals surface area contributed by atoms with E-state index in [1.54, 1.807) is 4.90 Å². The summed E-state index contributed by atoms with van der Waals surface area (Å²) in [6.45, 7) is 2.46. The second kappa shape index (κ2) is 6.76. The van der Waals surface area contributed by atoms with Crippen LogP contribution in [0.1, 0.15) is 26.2 Å². The third kappa shape index (κ3) is 4.09. The first-order chi connectivity index (χ1) is 9.18. The van der Waals surface area contributed by atoms with Gasteiger partial charge in [-0.15, -0.1) is 0 Å². The SMILES string of the molecule is CCC(C(=O)N1CCC(C(O)C(F)(F)F)CC1)N(C)C. The number of hydrogen-bond acceptors (Lipinski definition) is 3. The van der Waals surface area contributed by atoms with Gasteiger partial charge < -0.3 is 10.0 Å². The molecule has 0 aromatic rings. The Labute approximate surface area is 117 Å². The highest BCUT2D eigenvalue weighted by Gasteiger charge is 2.44. The van der Waals surface area contributed by atoms with E-state index in [0.29, 0.717) is 6.42 Å². The van der Waals surface area contributed by atoms with E-state index in [9.17, 15) is 23.1 Å². The number of rotatable bonds is 4. The zero-order valence-corrected chi connectivity index (χ0v) is 12.2. The smallest absolute Gasteiger partial charge is 0.383 e. The van der Waals surface area contributed by atoms with Gasteiger partial charge >= 0.3 is 6.18 Å². The van der Waals surface area contributed by atoms with Crippen LogP contribution in [0.2, 0.25) is 0 Å². The molecule has 0 aromatic carbocycles. The Morgan fingerprint density at radius 2 is 1.85 bits per heavy atom. The normalized spacial score (nSPS) is 21.1. The molecule has 0 spiro atoms. The fourth-order valence-electron chi connectivity index (χ4n) is 2.67. The van der Waals surface area contributed by atoms with Crippen molar-refractivity contribution in [1.82, 2.24) is 9.80 Å². The average Bonchev–Trinajstić information content (AvgIpc) is 2.37. The maximum Gasteiger partial charge on any atom is 0.414 e. The zero-order valence-electron chi connectivity index (χ0n) is 12.2. The Kier molecular flexibility index (Phi) is 5.82. The van der Waals surface area contributed by atoms with Crippen molar-refractivity contribution in [3.8, 4) is 0 Å². The van der Waals surface area contributed by atoms with E-state index < -0.39 is 18.2 Å². The molecule has 1 fully saturated rings. The maximum absolute atomic E-state index is 12.4. The highest BCUT2D eigenvalue weighted by atomic mass is 19.4. The predicted molar refractivity (Wildman–Crippen MR) is 69.1 cm³/mol. The molecule has 0 bridgehead atoms. The number of piperidine rings is 1. The first kappa shape index (κ1) is 17.2. The summed E-state index contributed by atoms with van der Waals surface area (Å²) in [5.74, 6) is -0.851. The quantitative estimate of drug-likeness (QED) is 0.855. The summed E-state index contributed by atoms with van der Waals surface area (Å²) in [4.78, 5) is 15.7. The maximum atomic E-state index is 12.4. The Morgan fingerprint density at radius 3 is 2.20 bits per heavy atom. The van der Waals surface area contributed by atoms with Gasteiger partial charge in [0, 0.05) is 13.1 Å². The molecule has 0 saturated carbocycles. The van der Waals surface area contributed by atoms with Crippen molar-refractivity contribution in [3.63, 3.8) is 0 Å². The lowest BCUT2D eigenvalue weighted by molar-refractivity contribution is -0.223. The number of likely N-dealkylation sites (tertiary alicyclic amines) is 1. The molecule has 1 amide bonds. The lowest BCUT2D eigenvalue weighted by Gasteiger charge is -2.37. The number of amides is 1. The monoisotopic (exact) mass is 296 g/mol. The number of carbonyl (C=O) groups excluding carboxylic acids is 1. The van der Waals surface area contributed by atoms with E-state index in [2.05, 4.69) is 0 Å². The van der Waals surface area contributed by atoms with E-state index in [4.69, 9.17) is 0 Å². The second-order valence-electron chi connectivity index (χ2n) is 5.54. The molecule has 20 heavy (non-hydrogen) atoms. The number of nitrogens with zero attached hydrogens (tertiary/aromatic N) is 2. The van der Waals surface area contributed by atoms with Crippen LogP contribution in [0.5, 0.6) is 0 Å². The Bertz CT molecular complexity index is 326. The predicted octanol–water partition coefficient (Wildman–Crippen LogP) is 1.49. The van der Waals surface area contributed by atoms with Crippen LogP contribution in [0.4, 0.5) is 13.2 Å². The van der Waals surface area contributed by atoms with Gasteiger partial charge in [-0.3, -0.25) is 9.69 Å². The fourth-order valence-corrected chi connectivity index (χ4v) is 2.67. The fraction of sp³-hybridized carbons (Fsp3) is 0.923. The lowest BCUT2D eigenvalue weighted by Crippen LogP contribution is -2.50. The molecule has 0 aliphatic carbocycles. The van der Waals surface area contributed by atoms with Gasteiger partial charge in [-0.1, -0.05) is 6.92 Å². The number of aliphatic hydroxyl groups is 1. The van der Waals surface area contributed by atoms with E-state index >= 15 is 0 Å². The minimum Gasteiger partial charge on any atom is -0.383 e. The highest BCUT2D eigenvalue weighted by Crippen LogP contribution is 2.31. The van der Waals surface area contributed by atoms with Gasteiger partial charge in [-0.2, -0.15) is 13.2 Å². The minimum atomic E-state index is -4.58. The molecular weight excluding hydrogens is 273 g/mol. The molecule has 1 rings (SSSR count). The topological polar surface area (TPSA) is 43.8 Å². The standard InChI is InChI=1S/C13H23F3N2O2/c1-4-10(17(2)3)12(20)18-7-5-9(6-8-18)11(19)13(14,15)16/h9-11,19H,4-8H2,1-3H3. The zero-order chi connectivity index (χ0) is 15.5. The van der Waals surface area contributed by atoms with Crippen LogP contribution in [0.25, 0.3) is 0 Å². The van der Waals surface area contributed by atoms with Crippen LogP contribution < -0.4 is 0 Å². The molecule has 1 N–H and O–H groups in total. The largest absolute Gasteiger partial charge is 0.414 e. The van der Waals surface area contributed by atoms with Crippen molar-refractivity contribution in [3.05, 3.63) is 0 Å². The summed E-state index contributed by atoms with van der Waals surface area (Å²) in [5.41, 5.74) is 0.